The molecule has 0 aromatic heterocycles. The molecule has 4 rings (SSSR count). The SMILES string of the molecule is N[C@H]1CC[C@@H](c2ccc(Cl)c(Cl)c2)c2ccccc21.O=C(O)CCc1ccccc1. The Morgan fingerprint density at radius 2 is 1.57 bits per heavy atom. The molecule has 1 aliphatic rings. The molecule has 3 N–H and O–H groups in total. The van der Waals surface area contributed by atoms with Gasteiger partial charge in [-0.3, -0.25) is 4.79 Å². The Balaban J connectivity index is 0.000000199. The van der Waals surface area contributed by atoms with E-state index < -0.39 is 5.97 Å². The fraction of sp³-hybridized carbons (Fsp3) is 0.240. The monoisotopic (exact) mass is 441 g/mol. The van der Waals surface area contributed by atoms with Crippen molar-refractivity contribution >= 4 is 29.2 Å². The molecule has 3 aromatic carbocycles. The Morgan fingerprint density at radius 3 is 2.23 bits per heavy atom. The highest BCUT2D eigenvalue weighted by Gasteiger charge is 2.26. The molecule has 3 nitrogen and oxygen atoms in total. The van der Waals surface area contributed by atoms with Gasteiger partial charge in [0.1, 0.15) is 0 Å². The lowest BCUT2D eigenvalue weighted by Crippen LogP contribution is -2.20. The Hall–Kier alpha value is -2.33. The standard InChI is InChI=1S/C16H15Cl2N.C9H10O2/c17-14-7-5-10(9-15(14)18)11-6-8-16(19)13-4-2-1-3-12(11)13;10-9(11)7-6-8-4-2-1-3-5-8/h1-5,7,9,11,16H,6,8,19H2;1-5H,6-7H2,(H,10,11)/t11-,16-;/m0./s1. The van der Waals surface area contributed by atoms with E-state index in [0.717, 1.165) is 18.4 Å². The summed E-state index contributed by atoms with van der Waals surface area (Å²) in [5.41, 5.74) is 11.1. The summed E-state index contributed by atoms with van der Waals surface area (Å²) in [5, 5.41) is 9.59. The van der Waals surface area contributed by atoms with Gasteiger partial charge in [-0.2, -0.15) is 0 Å². The van der Waals surface area contributed by atoms with Gasteiger partial charge in [0, 0.05) is 18.4 Å². The molecule has 1 aliphatic carbocycles. The topological polar surface area (TPSA) is 63.3 Å². The van der Waals surface area contributed by atoms with E-state index in [1.807, 2.05) is 42.5 Å². The molecule has 0 bridgehead atoms. The Labute approximate surface area is 187 Å². The number of aryl methyl sites for hydroxylation is 1. The molecular formula is C25H25Cl2NO2. The largest absolute Gasteiger partial charge is 0.481 e. The van der Waals surface area contributed by atoms with Crippen LogP contribution >= 0.6 is 23.2 Å². The first kappa shape index (κ1) is 22.4. The second kappa shape index (κ2) is 10.6. The van der Waals surface area contributed by atoms with E-state index >= 15 is 0 Å². The molecule has 30 heavy (non-hydrogen) atoms. The molecule has 3 aromatic rings. The lowest BCUT2D eigenvalue weighted by Gasteiger charge is -2.30. The zero-order valence-electron chi connectivity index (χ0n) is 16.6. The summed E-state index contributed by atoms with van der Waals surface area (Å²) in [5.74, 6) is -0.375. The normalized spacial score (nSPS) is 17.4. The highest BCUT2D eigenvalue weighted by Crippen LogP contribution is 2.41. The molecule has 0 saturated heterocycles. The molecule has 5 heteroatoms. The van der Waals surface area contributed by atoms with E-state index in [-0.39, 0.29) is 12.5 Å². The summed E-state index contributed by atoms with van der Waals surface area (Å²) < 4.78 is 0. The Morgan fingerprint density at radius 1 is 0.900 bits per heavy atom. The third kappa shape index (κ3) is 5.85. The maximum atomic E-state index is 10.2. The molecule has 0 saturated carbocycles. The molecule has 0 radical (unpaired) electrons. The van der Waals surface area contributed by atoms with Crippen LogP contribution in [0.3, 0.4) is 0 Å². The maximum absolute atomic E-state index is 10.2. The van der Waals surface area contributed by atoms with Crippen molar-refractivity contribution < 1.29 is 9.90 Å². The number of carboxylic acid groups (broad SMARTS) is 1. The van der Waals surface area contributed by atoms with Gasteiger partial charge in [-0.1, -0.05) is 83.9 Å². The van der Waals surface area contributed by atoms with E-state index in [2.05, 4.69) is 30.3 Å². The molecule has 0 unspecified atom stereocenters. The van der Waals surface area contributed by atoms with Gasteiger partial charge in [-0.15, -0.1) is 0 Å². The molecule has 0 heterocycles. The number of carbonyl (C=O) groups is 1. The van der Waals surface area contributed by atoms with Crippen molar-refractivity contribution in [1.82, 2.24) is 0 Å². The predicted molar refractivity (Wildman–Crippen MR) is 123 cm³/mol. The van der Waals surface area contributed by atoms with E-state index in [1.165, 1.54) is 16.7 Å². The van der Waals surface area contributed by atoms with E-state index in [0.29, 0.717) is 22.4 Å². The van der Waals surface area contributed by atoms with Gasteiger partial charge in [-0.05, 0) is 53.6 Å². The van der Waals surface area contributed by atoms with Crippen molar-refractivity contribution in [2.75, 3.05) is 0 Å². The van der Waals surface area contributed by atoms with Gasteiger partial charge in [0.25, 0.3) is 0 Å². The van der Waals surface area contributed by atoms with Crippen molar-refractivity contribution in [2.45, 2.75) is 37.6 Å². The molecule has 0 fully saturated rings. The number of carboxylic acids is 1. The average Bonchev–Trinajstić information content (AvgIpc) is 2.76. The van der Waals surface area contributed by atoms with Crippen molar-refractivity contribution in [3.8, 4) is 0 Å². The smallest absolute Gasteiger partial charge is 0.303 e. The van der Waals surface area contributed by atoms with Crippen LogP contribution in [0.4, 0.5) is 0 Å². The fourth-order valence-electron chi connectivity index (χ4n) is 3.79. The van der Waals surface area contributed by atoms with Crippen LogP contribution in [0.15, 0.2) is 72.8 Å². The lowest BCUT2D eigenvalue weighted by atomic mass is 9.77. The van der Waals surface area contributed by atoms with Crippen molar-refractivity contribution in [3.05, 3.63) is 105 Å². The number of nitrogens with two attached hydrogens (primary N) is 1. The highest BCUT2D eigenvalue weighted by atomic mass is 35.5. The first-order valence-corrected chi connectivity index (χ1v) is 10.8. The highest BCUT2D eigenvalue weighted by molar-refractivity contribution is 6.42. The molecule has 0 spiro atoms. The molecule has 0 amide bonds. The van der Waals surface area contributed by atoms with E-state index in [9.17, 15) is 4.79 Å². The van der Waals surface area contributed by atoms with Gasteiger partial charge in [0.05, 0.1) is 10.0 Å². The van der Waals surface area contributed by atoms with Crippen molar-refractivity contribution in [1.29, 1.82) is 0 Å². The van der Waals surface area contributed by atoms with Gasteiger partial charge < -0.3 is 10.8 Å². The second-order valence-electron chi connectivity index (χ2n) is 7.42. The number of hydrogen-bond acceptors (Lipinski definition) is 2. The first-order valence-electron chi connectivity index (χ1n) is 10.0. The van der Waals surface area contributed by atoms with Crippen molar-refractivity contribution in [2.24, 2.45) is 5.73 Å². The predicted octanol–water partition coefficient (Wildman–Crippen LogP) is 6.62. The number of aliphatic carboxylic acids is 1. The Kier molecular flexibility index (Phi) is 7.92. The average molecular weight is 442 g/mol. The summed E-state index contributed by atoms with van der Waals surface area (Å²) in [6.07, 6.45) is 2.89. The number of fused-ring (bicyclic) bond motifs is 1. The summed E-state index contributed by atoms with van der Waals surface area (Å²) in [6, 6.07) is 24.1. The first-order chi connectivity index (χ1) is 14.5. The lowest BCUT2D eigenvalue weighted by molar-refractivity contribution is -0.136. The number of benzene rings is 3. The van der Waals surface area contributed by atoms with Crippen molar-refractivity contribution in [3.63, 3.8) is 0 Å². The van der Waals surface area contributed by atoms with Gasteiger partial charge in [0.2, 0.25) is 0 Å². The fourth-order valence-corrected chi connectivity index (χ4v) is 4.10. The number of halogens is 2. The number of rotatable bonds is 4. The minimum absolute atomic E-state index is 0.148. The minimum atomic E-state index is -0.742. The summed E-state index contributed by atoms with van der Waals surface area (Å²) in [6.45, 7) is 0. The van der Waals surface area contributed by atoms with Crippen LogP contribution in [-0.4, -0.2) is 11.1 Å². The van der Waals surface area contributed by atoms with Crippen LogP contribution in [0.5, 0.6) is 0 Å². The van der Waals surface area contributed by atoms with Crippen LogP contribution in [0.2, 0.25) is 10.0 Å². The Bertz CT molecular complexity index is 991. The number of hydrogen-bond donors (Lipinski definition) is 2. The van der Waals surface area contributed by atoms with Gasteiger partial charge in [-0.25, -0.2) is 0 Å². The molecule has 156 valence electrons. The zero-order valence-corrected chi connectivity index (χ0v) is 18.1. The van der Waals surface area contributed by atoms with Gasteiger partial charge in [0.15, 0.2) is 0 Å². The molecule has 2 atom stereocenters. The van der Waals surface area contributed by atoms with Gasteiger partial charge >= 0.3 is 5.97 Å². The van der Waals surface area contributed by atoms with E-state index in [1.54, 1.807) is 0 Å². The zero-order chi connectivity index (χ0) is 21.5. The third-order valence-electron chi connectivity index (χ3n) is 5.35. The maximum Gasteiger partial charge on any atom is 0.303 e. The summed E-state index contributed by atoms with van der Waals surface area (Å²) in [7, 11) is 0. The van der Waals surface area contributed by atoms with Crippen LogP contribution < -0.4 is 5.73 Å². The quantitative estimate of drug-likeness (QED) is 0.477. The minimum Gasteiger partial charge on any atom is -0.481 e. The second-order valence-corrected chi connectivity index (χ2v) is 8.23. The van der Waals surface area contributed by atoms with Crippen LogP contribution in [-0.2, 0) is 11.2 Å². The molecular weight excluding hydrogens is 417 g/mol. The summed E-state index contributed by atoms with van der Waals surface area (Å²) >= 11 is 12.1. The van der Waals surface area contributed by atoms with Crippen LogP contribution in [0.25, 0.3) is 0 Å². The molecule has 0 aliphatic heterocycles. The summed E-state index contributed by atoms with van der Waals surface area (Å²) in [4.78, 5) is 10.2. The van der Waals surface area contributed by atoms with Crippen LogP contribution in [0.1, 0.15) is 53.5 Å². The van der Waals surface area contributed by atoms with E-state index in [4.69, 9.17) is 34.0 Å². The third-order valence-corrected chi connectivity index (χ3v) is 6.09. The van der Waals surface area contributed by atoms with Crippen LogP contribution in [0, 0.1) is 0 Å².